The van der Waals surface area contributed by atoms with Gasteiger partial charge in [0.1, 0.15) is 5.75 Å². The first-order chi connectivity index (χ1) is 10.1. The smallest absolute Gasteiger partial charge is 0.253 e. The summed E-state index contributed by atoms with van der Waals surface area (Å²) in [5.74, 6) is 1.90. The third kappa shape index (κ3) is 3.26. The molecule has 1 amide bonds. The third-order valence-corrected chi connectivity index (χ3v) is 5.46. The molecule has 0 aromatic heterocycles. The van der Waals surface area contributed by atoms with E-state index in [0.29, 0.717) is 17.4 Å². The van der Waals surface area contributed by atoms with Crippen molar-refractivity contribution < 1.29 is 9.53 Å². The number of nitrogens with zero attached hydrogens (tertiary/aromatic N) is 1. The Hall–Kier alpha value is -0.780. The van der Waals surface area contributed by atoms with E-state index in [2.05, 4.69) is 15.9 Å². The molecule has 3 unspecified atom stereocenters. The average Bonchev–Trinajstić information content (AvgIpc) is 2.92. The molecule has 1 saturated carbocycles. The van der Waals surface area contributed by atoms with Crippen LogP contribution in [0.5, 0.6) is 5.75 Å². The van der Waals surface area contributed by atoms with Crippen molar-refractivity contribution in [3.05, 3.63) is 28.2 Å². The van der Waals surface area contributed by atoms with Crippen molar-refractivity contribution in [1.82, 2.24) is 4.90 Å². The number of methoxy groups -OCH3 is 1. The third-order valence-electron chi connectivity index (χ3n) is 4.84. The van der Waals surface area contributed by atoms with Gasteiger partial charge in [-0.3, -0.25) is 4.79 Å². The topological polar surface area (TPSA) is 55.6 Å². The summed E-state index contributed by atoms with van der Waals surface area (Å²) in [5, 5.41) is 0. The summed E-state index contributed by atoms with van der Waals surface area (Å²) in [7, 11) is 1.62. The first-order valence-corrected chi connectivity index (χ1v) is 8.28. The Bertz CT molecular complexity index is 555. The molecule has 2 fully saturated rings. The van der Waals surface area contributed by atoms with E-state index >= 15 is 0 Å². The molecule has 2 aliphatic rings. The highest BCUT2D eigenvalue weighted by atomic mass is 79.9. The highest BCUT2D eigenvalue weighted by molar-refractivity contribution is 9.10. The highest BCUT2D eigenvalue weighted by Gasteiger charge is 2.40. The van der Waals surface area contributed by atoms with Crippen LogP contribution in [-0.4, -0.2) is 37.0 Å². The van der Waals surface area contributed by atoms with Crippen molar-refractivity contribution in [2.45, 2.75) is 25.3 Å². The number of carbonyl (C=O) groups is 1. The maximum Gasteiger partial charge on any atom is 0.253 e. The molecule has 1 aromatic carbocycles. The average molecular weight is 390 g/mol. The van der Waals surface area contributed by atoms with Gasteiger partial charge in [-0.2, -0.15) is 0 Å². The van der Waals surface area contributed by atoms with E-state index in [4.69, 9.17) is 10.5 Å². The molecule has 1 heterocycles. The predicted molar refractivity (Wildman–Crippen MR) is 92.7 cm³/mol. The second-order valence-corrected chi connectivity index (χ2v) is 6.93. The Balaban J connectivity index is 0.00000176. The van der Waals surface area contributed by atoms with Gasteiger partial charge in [0.25, 0.3) is 5.91 Å². The second-order valence-electron chi connectivity index (χ2n) is 6.08. The first kappa shape index (κ1) is 17.6. The SMILES string of the molecule is COc1ccc(C(=O)N2CC3CCCC(N)C3C2)cc1Br.Cl. The van der Waals surface area contributed by atoms with E-state index in [1.807, 2.05) is 23.1 Å². The highest BCUT2D eigenvalue weighted by Crippen LogP contribution is 2.36. The van der Waals surface area contributed by atoms with Crippen LogP contribution >= 0.6 is 28.3 Å². The Morgan fingerprint density at radius 2 is 2.14 bits per heavy atom. The van der Waals surface area contributed by atoms with Gasteiger partial charge in [0, 0.05) is 24.7 Å². The van der Waals surface area contributed by atoms with Gasteiger partial charge < -0.3 is 15.4 Å². The van der Waals surface area contributed by atoms with Gasteiger partial charge in [-0.1, -0.05) is 6.42 Å². The Morgan fingerprint density at radius 3 is 2.77 bits per heavy atom. The lowest BCUT2D eigenvalue weighted by Gasteiger charge is -2.29. The molecular formula is C16H22BrClN2O2. The fourth-order valence-corrected chi connectivity index (χ4v) is 4.21. The summed E-state index contributed by atoms with van der Waals surface area (Å²) < 4.78 is 6.02. The number of carbonyl (C=O) groups excluding carboxylic acids is 1. The molecule has 1 aliphatic carbocycles. The minimum Gasteiger partial charge on any atom is -0.496 e. The van der Waals surface area contributed by atoms with Gasteiger partial charge in [0.15, 0.2) is 0 Å². The van der Waals surface area contributed by atoms with Crippen LogP contribution in [0.1, 0.15) is 29.6 Å². The zero-order valence-corrected chi connectivity index (χ0v) is 15.0. The van der Waals surface area contributed by atoms with Crippen molar-refractivity contribution in [3.8, 4) is 5.75 Å². The normalized spacial score (nSPS) is 27.0. The molecule has 3 rings (SSSR count). The standard InChI is InChI=1S/C16H21BrN2O2.ClH/c1-21-15-6-5-10(7-13(15)17)16(20)19-8-11-3-2-4-14(18)12(11)9-19;/h5-7,11-12,14H,2-4,8-9,18H2,1H3;1H. The van der Waals surface area contributed by atoms with Gasteiger partial charge >= 0.3 is 0 Å². The van der Waals surface area contributed by atoms with Gasteiger partial charge in [-0.25, -0.2) is 0 Å². The lowest BCUT2D eigenvalue weighted by Crippen LogP contribution is -2.38. The van der Waals surface area contributed by atoms with Crippen molar-refractivity contribution in [2.24, 2.45) is 17.6 Å². The Labute approximate surface area is 145 Å². The van der Waals surface area contributed by atoms with Crippen molar-refractivity contribution in [1.29, 1.82) is 0 Å². The lowest BCUT2D eigenvalue weighted by molar-refractivity contribution is 0.0783. The molecule has 2 N–H and O–H groups in total. The summed E-state index contributed by atoms with van der Waals surface area (Å²) in [6.45, 7) is 1.65. The van der Waals surface area contributed by atoms with Crippen molar-refractivity contribution >= 4 is 34.2 Å². The number of benzene rings is 1. The van der Waals surface area contributed by atoms with Gasteiger partial charge in [-0.15, -0.1) is 12.4 Å². The maximum absolute atomic E-state index is 12.7. The number of hydrogen-bond acceptors (Lipinski definition) is 3. The molecule has 6 heteroatoms. The molecule has 3 atom stereocenters. The molecular weight excluding hydrogens is 368 g/mol. The number of hydrogen-bond donors (Lipinski definition) is 1. The Morgan fingerprint density at radius 1 is 1.36 bits per heavy atom. The predicted octanol–water partition coefficient (Wildman–Crippen LogP) is 3.08. The van der Waals surface area contributed by atoms with E-state index in [1.54, 1.807) is 7.11 Å². The van der Waals surface area contributed by atoms with Gasteiger partial charge in [-0.05, 0) is 58.8 Å². The first-order valence-electron chi connectivity index (χ1n) is 7.48. The van der Waals surface area contributed by atoms with E-state index in [0.717, 1.165) is 29.7 Å². The number of halogens is 2. The lowest BCUT2D eigenvalue weighted by atomic mass is 9.78. The van der Waals surface area contributed by atoms with Crippen LogP contribution < -0.4 is 10.5 Å². The number of ether oxygens (including phenoxy) is 1. The quantitative estimate of drug-likeness (QED) is 0.845. The van der Waals surface area contributed by atoms with Crippen LogP contribution in [0.25, 0.3) is 0 Å². The van der Waals surface area contributed by atoms with Gasteiger partial charge in [0.2, 0.25) is 0 Å². The fourth-order valence-electron chi connectivity index (χ4n) is 3.66. The van der Waals surface area contributed by atoms with Crippen LogP contribution in [-0.2, 0) is 0 Å². The van der Waals surface area contributed by atoms with Crippen molar-refractivity contribution in [3.63, 3.8) is 0 Å². The fraction of sp³-hybridized carbons (Fsp3) is 0.562. The summed E-state index contributed by atoms with van der Waals surface area (Å²) in [6.07, 6.45) is 3.49. The van der Waals surface area contributed by atoms with Crippen LogP contribution in [0.2, 0.25) is 0 Å². The zero-order chi connectivity index (χ0) is 15.0. The largest absolute Gasteiger partial charge is 0.496 e. The summed E-state index contributed by atoms with van der Waals surface area (Å²) in [5.41, 5.74) is 6.92. The monoisotopic (exact) mass is 388 g/mol. The summed E-state index contributed by atoms with van der Waals surface area (Å²) in [6, 6.07) is 5.74. The molecule has 0 bridgehead atoms. The minimum absolute atomic E-state index is 0. The number of rotatable bonds is 2. The van der Waals surface area contributed by atoms with Gasteiger partial charge in [0.05, 0.1) is 11.6 Å². The molecule has 22 heavy (non-hydrogen) atoms. The molecule has 0 spiro atoms. The molecule has 122 valence electrons. The summed E-state index contributed by atoms with van der Waals surface area (Å²) >= 11 is 3.44. The summed E-state index contributed by atoms with van der Waals surface area (Å²) in [4.78, 5) is 14.6. The van der Waals surface area contributed by atoms with Crippen LogP contribution in [0.3, 0.4) is 0 Å². The number of nitrogens with two attached hydrogens (primary N) is 1. The zero-order valence-electron chi connectivity index (χ0n) is 12.6. The Kier molecular flexibility index (Phi) is 5.75. The van der Waals surface area contributed by atoms with Crippen molar-refractivity contribution in [2.75, 3.05) is 20.2 Å². The molecule has 4 nitrogen and oxygen atoms in total. The second kappa shape index (κ2) is 7.20. The van der Waals surface area contributed by atoms with E-state index in [9.17, 15) is 4.79 Å². The number of fused-ring (bicyclic) bond motifs is 1. The molecule has 0 radical (unpaired) electrons. The van der Waals surface area contributed by atoms with E-state index < -0.39 is 0 Å². The number of likely N-dealkylation sites (tertiary alicyclic amines) is 1. The minimum atomic E-state index is 0. The van der Waals surface area contributed by atoms with Crippen LogP contribution in [0.15, 0.2) is 22.7 Å². The molecule has 1 saturated heterocycles. The molecule has 1 aromatic rings. The maximum atomic E-state index is 12.7. The van der Waals surface area contributed by atoms with Crippen LogP contribution in [0.4, 0.5) is 0 Å². The van der Waals surface area contributed by atoms with Crippen LogP contribution in [0, 0.1) is 11.8 Å². The number of amides is 1. The molecule has 1 aliphatic heterocycles. The van der Waals surface area contributed by atoms with E-state index in [1.165, 1.54) is 12.8 Å². The van der Waals surface area contributed by atoms with E-state index in [-0.39, 0.29) is 24.4 Å².